The normalized spacial score (nSPS) is 10.9. The summed E-state index contributed by atoms with van der Waals surface area (Å²) in [7, 11) is 0. The van der Waals surface area contributed by atoms with E-state index in [-0.39, 0.29) is 23.4 Å². The standard InChI is InChI=1S/C25H24FN3O5/c1-25(2,3)34-24(33)28-13-18-9-8-17(22(30)29-21-10-11-27-14-20(21)26)12-19(18)15-4-6-16(7-5-15)23(31)32/h4-12,14H,13H2,1-3H3,(H,28,33)(H,31,32)(H,27,29,30). The fourth-order valence-electron chi connectivity index (χ4n) is 3.09. The van der Waals surface area contributed by atoms with Crippen LogP contribution in [-0.2, 0) is 11.3 Å². The highest BCUT2D eigenvalue weighted by atomic mass is 19.1. The SMILES string of the molecule is CC(C)(C)OC(=O)NCc1ccc(C(=O)Nc2ccncc2F)cc1-c1ccc(C(=O)O)cc1. The van der Waals surface area contributed by atoms with Gasteiger partial charge in [0.15, 0.2) is 5.82 Å². The molecule has 3 aromatic rings. The molecule has 3 N–H and O–H groups in total. The second-order valence-electron chi connectivity index (χ2n) is 8.42. The zero-order valence-electron chi connectivity index (χ0n) is 18.9. The highest BCUT2D eigenvalue weighted by molar-refractivity contribution is 6.05. The van der Waals surface area contributed by atoms with E-state index in [9.17, 15) is 18.8 Å². The highest BCUT2D eigenvalue weighted by Gasteiger charge is 2.18. The molecular formula is C25H24FN3O5. The van der Waals surface area contributed by atoms with Gasteiger partial charge in [0.1, 0.15) is 5.60 Å². The van der Waals surface area contributed by atoms with Gasteiger partial charge in [0.25, 0.3) is 5.91 Å². The van der Waals surface area contributed by atoms with Crippen molar-refractivity contribution in [3.8, 4) is 11.1 Å². The molecule has 0 unspecified atom stereocenters. The van der Waals surface area contributed by atoms with Gasteiger partial charge >= 0.3 is 12.1 Å². The number of nitrogens with zero attached hydrogens (tertiary/aromatic N) is 1. The van der Waals surface area contributed by atoms with Gasteiger partial charge in [-0.2, -0.15) is 0 Å². The molecule has 176 valence electrons. The topological polar surface area (TPSA) is 118 Å². The summed E-state index contributed by atoms with van der Waals surface area (Å²) in [6, 6.07) is 12.3. The summed E-state index contributed by atoms with van der Waals surface area (Å²) >= 11 is 0. The Morgan fingerprint density at radius 2 is 1.71 bits per heavy atom. The molecule has 3 rings (SSSR count). The van der Waals surface area contributed by atoms with Crippen LogP contribution in [0.4, 0.5) is 14.9 Å². The number of aromatic carboxylic acids is 1. The minimum absolute atomic E-state index is 0.0111. The van der Waals surface area contributed by atoms with E-state index in [1.165, 1.54) is 24.4 Å². The van der Waals surface area contributed by atoms with E-state index in [1.54, 1.807) is 51.1 Å². The first-order valence-corrected chi connectivity index (χ1v) is 10.4. The molecule has 0 radical (unpaired) electrons. The van der Waals surface area contributed by atoms with Crippen molar-refractivity contribution in [2.45, 2.75) is 32.9 Å². The van der Waals surface area contributed by atoms with Crippen molar-refractivity contribution in [2.24, 2.45) is 0 Å². The molecule has 1 aromatic heterocycles. The Kier molecular flexibility index (Phi) is 7.25. The Labute approximate surface area is 195 Å². The number of anilines is 1. The molecule has 0 saturated carbocycles. The molecule has 1 heterocycles. The molecule has 2 amide bonds. The van der Waals surface area contributed by atoms with Gasteiger partial charge in [-0.1, -0.05) is 18.2 Å². The van der Waals surface area contributed by atoms with Crippen LogP contribution in [0, 0.1) is 5.82 Å². The van der Waals surface area contributed by atoms with Gasteiger partial charge in [-0.25, -0.2) is 14.0 Å². The van der Waals surface area contributed by atoms with Gasteiger partial charge < -0.3 is 20.5 Å². The van der Waals surface area contributed by atoms with E-state index in [2.05, 4.69) is 15.6 Å². The van der Waals surface area contributed by atoms with Crippen LogP contribution < -0.4 is 10.6 Å². The minimum atomic E-state index is -1.06. The molecular weight excluding hydrogens is 441 g/mol. The molecule has 0 spiro atoms. The number of ether oxygens (including phenoxy) is 1. The number of hydrogen-bond donors (Lipinski definition) is 3. The Morgan fingerprint density at radius 3 is 2.32 bits per heavy atom. The van der Waals surface area contributed by atoms with E-state index >= 15 is 0 Å². The summed E-state index contributed by atoms with van der Waals surface area (Å²) < 4.78 is 19.2. The Bertz CT molecular complexity index is 1220. The van der Waals surface area contributed by atoms with Gasteiger partial charge in [0, 0.05) is 18.3 Å². The number of benzene rings is 2. The average Bonchev–Trinajstić information content (AvgIpc) is 2.78. The van der Waals surface area contributed by atoms with Crippen LogP contribution >= 0.6 is 0 Å². The number of carbonyl (C=O) groups is 3. The second kappa shape index (κ2) is 10.1. The molecule has 8 nitrogen and oxygen atoms in total. The van der Waals surface area contributed by atoms with Crippen LogP contribution in [-0.4, -0.2) is 33.7 Å². The molecule has 0 aliphatic carbocycles. The minimum Gasteiger partial charge on any atom is -0.478 e. The first-order chi connectivity index (χ1) is 16.0. The number of amides is 2. The van der Waals surface area contributed by atoms with Crippen LogP contribution in [0.25, 0.3) is 11.1 Å². The van der Waals surface area contributed by atoms with E-state index in [1.807, 2.05) is 0 Å². The zero-order valence-corrected chi connectivity index (χ0v) is 18.9. The number of nitrogens with one attached hydrogen (secondary N) is 2. The number of pyridine rings is 1. The highest BCUT2D eigenvalue weighted by Crippen LogP contribution is 2.27. The van der Waals surface area contributed by atoms with E-state index < -0.39 is 29.4 Å². The van der Waals surface area contributed by atoms with Gasteiger partial charge in [0.2, 0.25) is 0 Å². The van der Waals surface area contributed by atoms with Gasteiger partial charge in [-0.05, 0) is 67.8 Å². The third-order valence-corrected chi connectivity index (χ3v) is 4.66. The van der Waals surface area contributed by atoms with Crippen LogP contribution in [0.1, 0.15) is 47.1 Å². The van der Waals surface area contributed by atoms with Crippen LogP contribution in [0.15, 0.2) is 60.9 Å². The summed E-state index contributed by atoms with van der Waals surface area (Å²) in [6.07, 6.45) is 1.76. The van der Waals surface area contributed by atoms with Gasteiger partial charge in [-0.3, -0.25) is 9.78 Å². The largest absolute Gasteiger partial charge is 0.478 e. The van der Waals surface area contributed by atoms with E-state index in [4.69, 9.17) is 9.84 Å². The number of hydrogen-bond acceptors (Lipinski definition) is 5. The second-order valence-corrected chi connectivity index (χ2v) is 8.42. The number of alkyl carbamates (subject to hydrolysis) is 1. The number of aromatic nitrogens is 1. The monoisotopic (exact) mass is 465 g/mol. The maximum absolute atomic E-state index is 13.9. The predicted octanol–water partition coefficient (Wildman–Crippen LogP) is 4.86. The number of halogens is 1. The first-order valence-electron chi connectivity index (χ1n) is 10.4. The number of carbonyl (C=O) groups excluding carboxylic acids is 2. The van der Waals surface area contributed by atoms with Gasteiger partial charge in [-0.15, -0.1) is 0 Å². The first kappa shape index (κ1) is 24.4. The van der Waals surface area contributed by atoms with Crippen LogP contribution in [0.5, 0.6) is 0 Å². The van der Waals surface area contributed by atoms with Crippen molar-refractivity contribution in [3.63, 3.8) is 0 Å². The van der Waals surface area contributed by atoms with Crippen molar-refractivity contribution in [2.75, 3.05) is 5.32 Å². The molecule has 0 saturated heterocycles. The van der Waals surface area contributed by atoms with Crippen molar-refractivity contribution in [1.82, 2.24) is 10.3 Å². The fraction of sp³-hybridized carbons (Fsp3) is 0.200. The fourth-order valence-corrected chi connectivity index (χ4v) is 3.09. The Morgan fingerprint density at radius 1 is 1.03 bits per heavy atom. The van der Waals surface area contributed by atoms with E-state index in [0.717, 1.165) is 6.20 Å². The van der Waals surface area contributed by atoms with Crippen molar-refractivity contribution in [3.05, 3.63) is 83.4 Å². The molecule has 0 aliphatic rings. The molecule has 0 atom stereocenters. The third-order valence-electron chi connectivity index (χ3n) is 4.66. The van der Waals surface area contributed by atoms with Gasteiger partial charge in [0.05, 0.1) is 17.4 Å². The predicted molar refractivity (Wildman–Crippen MR) is 124 cm³/mol. The summed E-state index contributed by atoms with van der Waals surface area (Å²) in [5.41, 5.74) is 1.58. The molecule has 34 heavy (non-hydrogen) atoms. The molecule has 0 aliphatic heterocycles. The quantitative estimate of drug-likeness (QED) is 0.478. The van der Waals surface area contributed by atoms with Crippen molar-refractivity contribution in [1.29, 1.82) is 0 Å². The maximum Gasteiger partial charge on any atom is 0.407 e. The molecule has 9 heteroatoms. The molecule has 0 bridgehead atoms. The maximum atomic E-state index is 13.9. The van der Waals surface area contributed by atoms with E-state index in [0.29, 0.717) is 16.7 Å². The number of rotatable bonds is 6. The Balaban J connectivity index is 1.92. The summed E-state index contributed by atoms with van der Waals surface area (Å²) in [5.74, 6) is -2.27. The summed E-state index contributed by atoms with van der Waals surface area (Å²) in [4.78, 5) is 39.7. The number of carboxylic acid groups (broad SMARTS) is 1. The zero-order chi connectivity index (χ0) is 24.9. The average molecular weight is 465 g/mol. The molecule has 2 aromatic carbocycles. The Hall–Kier alpha value is -4.27. The third kappa shape index (κ3) is 6.38. The summed E-state index contributed by atoms with van der Waals surface area (Å²) in [6.45, 7) is 5.36. The van der Waals surface area contributed by atoms with Crippen molar-refractivity contribution >= 4 is 23.7 Å². The lowest BCUT2D eigenvalue weighted by Crippen LogP contribution is -2.32. The summed E-state index contributed by atoms with van der Waals surface area (Å²) in [5, 5.41) is 14.4. The number of carboxylic acids is 1. The lowest BCUT2D eigenvalue weighted by atomic mass is 9.96. The molecule has 0 fully saturated rings. The lowest BCUT2D eigenvalue weighted by Gasteiger charge is -2.20. The van der Waals surface area contributed by atoms with Crippen LogP contribution in [0.3, 0.4) is 0 Å². The van der Waals surface area contributed by atoms with Crippen molar-refractivity contribution < 1.29 is 28.6 Å². The lowest BCUT2D eigenvalue weighted by molar-refractivity contribution is 0.0522. The van der Waals surface area contributed by atoms with Crippen LogP contribution in [0.2, 0.25) is 0 Å². The smallest absolute Gasteiger partial charge is 0.407 e.